The summed E-state index contributed by atoms with van der Waals surface area (Å²) < 4.78 is 0. The van der Waals surface area contributed by atoms with Gasteiger partial charge < -0.3 is 9.80 Å². The Morgan fingerprint density at radius 1 is 1.16 bits per heavy atom. The van der Waals surface area contributed by atoms with E-state index in [-0.39, 0.29) is 0 Å². The first-order chi connectivity index (χ1) is 9.24. The van der Waals surface area contributed by atoms with Gasteiger partial charge in [-0.15, -0.1) is 11.3 Å². The van der Waals surface area contributed by atoms with Crippen LogP contribution >= 0.6 is 22.9 Å². The number of nitrogens with zero attached hydrogens (tertiary/aromatic N) is 3. The van der Waals surface area contributed by atoms with Crippen molar-refractivity contribution >= 4 is 28.1 Å². The Morgan fingerprint density at radius 2 is 1.89 bits per heavy atom. The predicted octanol–water partition coefficient (Wildman–Crippen LogP) is 3.22. The number of halogens is 1. The number of aromatic nitrogens is 1. The average molecular weight is 294 g/mol. The van der Waals surface area contributed by atoms with Gasteiger partial charge in [0.05, 0.1) is 5.69 Å². The molecule has 1 aliphatic rings. The van der Waals surface area contributed by atoms with Crippen molar-refractivity contribution in [2.75, 3.05) is 38.1 Å². The van der Waals surface area contributed by atoms with Gasteiger partial charge in [0.2, 0.25) is 0 Å². The standard InChI is InChI=1S/C14H16ClN3S/c1-17-6-8-18(9-7-17)14-16-13(10-19-14)11-4-2-3-5-12(11)15/h2-5,10H,6-9H2,1H3. The Kier molecular flexibility index (Phi) is 3.73. The first kappa shape index (κ1) is 12.9. The van der Waals surface area contributed by atoms with E-state index in [1.165, 1.54) is 0 Å². The van der Waals surface area contributed by atoms with Crippen LogP contribution in [0.2, 0.25) is 5.02 Å². The lowest BCUT2D eigenvalue weighted by Gasteiger charge is -2.32. The fourth-order valence-corrected chi connectivity index (χ4v) is 3.31. The van der Waals surface area contributed by atoms with Gasteiger partial charge >= 0.3 is 0 Å². The zero-order valence-corrected chi connectivity index (χ0v) is 12.4. The summed E-state index contributed by atoms with van der Waals surface area (Å²) in [5, 5.41) is 3.95. The van der Waals surface area contributed by atoms with Gasteiger partial charge in [-0.1, -0.05) is 29.8 Å². The second-order valence-electron chi connectivity index (χ2n) is 4.79. The summed E-state index contributed by atoms with van der Waals surface area (Å²) in [7, 11) is 2.16. The average Bonchev–Trinajstić information content (AvgIpc) is 2.89. The Labute approximate surface area is 122 Å². The minimum absolute atomic E-state index is 0.762. The maximum atomic E-state index is 6.22. The number of anilines is 1. The molecule has 1 aromatic carbocycles. The van der Waals surface area contributed by atoms with E-state index in [1.807, 2.05) is 24.3 Å². The number of rotatable bonds is 2. The zero-order chi connectivity index (χ0) is 13.2. The molecule has 0 saturated carbocycles. The third-order valence-corrected chi connectivity index (χ3v) is 4.65. The largest absolute Gasteiger partial charge is 0.346 e. The third-order valence-electron chi connectivity index (χ3n) is 3.42. The summed E-state index contributed by atoms with van der Waals surface area (Å²) in [6, 6.07) is 7.87. The molecule has 3 nitrogen and oxygen atoms in total. The molecule has 1 saturated heterocycles. The van der Waals surface area contributed by atoms with E-state index < -0.39 is 0 Å². The van der Waals surface area contributed by atoms with Crippen LogP contribution in [0.3, 0.4) is 0 Å². The topological polar surface area (TPSA) is 19.4 Å². The highest BCUT2D eigenvalue weighted by Gasteiger charge is 2.17. The summed E-state index contributed by atoms with van der Waals surface area (Å²) in [5.41, 5.74) is 1.99. The summed E-state index contributed by atoms with van der Waals surface area (Å²) in [6.07, 6.45) is 0. The van der Waals surface area contributed by atoms with Crippen LogP contribution in [0.15, 0.2) is 29.6 Å². The van der Waals surface area contributed by atoms with E-state index in [2.05, 4.69) is 22.2 Å². The Balaban J connectivity index is 1.82. The van der Waals surface area contributed by atoms with Gasteiger partial charge in [0.1, 0.15) is 0 Å². The van der Waals surface area contributed by atoms with E-state index in [0.29, 0.717) is 0 Å². The molecule has 0 aliphatic carbocycles. The molecule has 5 heteroatoms. The molecule has 1 fully saturated rings. The Morgan fingerprint density at radius 3 is 2.63 bits per heavy atom. The van der Waals surface area contributed by atoms with Gasteiger partial charge in [0.25, 0.3) is 0 Å². The molecular weight excluding hydrogens is 278 g/mol. The SMILES string of the molecule is CN1CCN(c2nc(-c3ccccc3Cl)cs2)CC1. The van der Waals surface area contributed by atoms with Crippen LogP contribution in [0.25, 0.3) is 11.3 Å². The summed E-state index contributed by atoms with van der Waals surface area (Å²) in [5.74, 6) is 0. The normalized spacial score (nSPS) is 16.8. The van der Waals surface area contributed by atoms with Crippen LogP contribution in [0.5, 0.6) is 0 Å². The highest BCUT2D eigenvalue weighted by atomic mass is 35.5. The molecule has 3 rings (SSSR count). The molecule has 100 valence electrons. The van der Waals surface area contributed by atoms with Gasteiger partial charge in [-0.05, 0) is 13.1 Å². The van der Waals surface area contributed by atoms with Crippen LogP contribution in [0.4, 0.5) is 5.13 Å². The molecule has 0 N–H and O–H groups in total. The van der Waals surface area contributed by atoms with Crippen LogP contribution in [-0.4, -0.2) is 43.1 Å². The molecule has 0 bridgehead atoms. The smallest absolute Gasteiger partial charge is 0.185 e. The number of hydrogen-bond acceptors (Lipinski definition) is 4. The van der Waals surface area contributed by atoms with Crippen molar-refractivity contribution in [3.63, 3.8) is 0 Å². The molecule has 19 heavy (non-hydrogen) atoms. The van der Waals surface area contributed by atoms with Gasteiger partial charge in [0, 0.05) is 42.1 Å². The van der Waals surface area contributed by atoms with Crippen LogP contribution in [-0.2, 0) is 0 Å². The molecule has 0 atom stereocenters. The molecule has 0 spiro atoms. The van der Waals surface area contributed by atoms with Crippen molar-refractivity contribution in [3.8, 4) is 11.3 Å². The number of piperazine rings is 1. The maximum Gasteiger partial charge on any atom is 0.185 e. The van der Waals surface area contributed by atoms with E-state index >= 15 is 0 Å². The van der Waals surface area contributed by atoms with Gasteiger partial charge in [-0.2, -0.15) is 0 Å². The molecule has 0 amide bonds. The minimum Gasteiger partial charge on any atom is -0.346 e. The monoisotopic (exact) mass is 293 g/mol. The van der Waals surface area contributed by atoms with Crippen LogP contribution in [0, 0.1) is 0 Å². The second-order valence-corrected chi connectivity index (χ2v) is 6.03. The van der Waals surface area contributed by atoms with E-state index in [4.69, 9.17) is 16.6 Å². The van der Waals surface area contributed by atoms with Gasteiger partial charge in [-0.3, -0.25) is 0 Å². The van der Waals surface area contributed by atoms with Gasteiger partial charge in [0.15, 0.2) is 5.13 Å². The first-order valence-corrected chi connectivity index (χ1v) is 7.64. The van der Waals surface area contributed by atoms with E-state index in [1.54, 1.807) is 11.3 Å². The fraction of sp³-hybridized carbons (Fsp3) is 0.357. The Hall–Kier alpha value is -1.10. The van der Waals surface area contributed by atoms with Crippen LogP contribution in [0.1, 0.15) is 0 Å². The molecule has 1 aliphatic heterocycles. The van der Waals surface area contributed by atoms with Crippen molar-refractivity contribution in [2.45, 2.75) is 0 Å². The van der Waals surface area contributed by atoms with Crippen molar-refractivity contribution in [2.24, 2.45) is 0 Å². The molecule has 0 unspecified atom stereocenters. The zero-order valence-electron chi connectivity index (χ0n) is 10.8. The summed E-state index contributed by atoms with van der Waals surface area (Å²) in [4.78, 5) is 9.43. The number of thiazole rings is 1. The van der Waals surface area contributed by atoms with Crippen LogP contribution < -0.4 is 4.90 Å². The minimum atomic E-state index is 0.762. The highest BCUT2D eigenvalue weighted by molar-refractivity contribution is 7.14. The van der Waals surface area contributed by atoms with Crippen molar-refractivity contribution in [1.82, 2.24) is 9.88 Å². The fourth-order valence-electron chi connectivity index (χ4n) is 2.20. The lowest BCUT2D eigenvalue weighted by atomic mass is 10.2. The molecule has 1 aromatic heterocycles. The van der Waals surface area contributed by atoms with Crippen molar-refractivity contribution in [3.05, 3.63) is 34.7 Å². The Bertz CT molecular complexity index is 561. The molecule has 2 heterocycles. The molecular formula is C14H16ClN3S. The highest BCUT2D eigenvalue weighted by Crippen LogP contribution is 2.31. The van der Waals surface area contributed by atoms with Crippen molar-refractivity contribution < 1.29 is 0 Å². The van der Waals surface area contributed by atoms with Crippen molar-refractivity contribution in [1.29, 1.82) is 0 Å². The predicted molar refractivity (Wildman–Crippen MR) is 82.3 cm³/mol. The van der Waals surface area contributed by atoms with Gasteiger partial charge in [-0.25, -0.2) is 4.98 Å². The first-order valence-electron chi connectivity index (χ1n) is 6.38. The number of likely N-dealkylation sites (N-methyl/N-ethyl adjacent to an activating group) is 1. The number of hydrogen-bond donors (Lipinski definition) is 0. The third kappa shape index (κ3) is 2.76. The lowest BCUT2D eigenvalue weighted by Crippen LogP contribution is -2.44. The summed E-state index contributed by atoms with van der Waals surface area (Å²) in [6.45, 7) is 4.29. The molecule has 2 aromatic rings. The van der Waals surface area contributed by atoms with E-state index in [9.17, 15) is 0 Å². The second kappa shape index (κ2) is 5.49. The maximum absolute atomic E-state index is 6.22. The van der Waals surface area contributed by atoms with E-state index in [0.717, 1.165) is 47.6 Å². The lowest BCUT2D eigenvalue weighted by molar-refractivity contribution is 0.313. The quantitative estimate of drug-likeness (QED) is 0.847. The molecule has 0 radical (unpaired) electrons. The number of benzene rings is 1. The summed E-state index contributed by atoms with van der Waals surface area (Å²) >= 11 is 7.92.